The minimum atomic E-state index is -4.41. The Kier molecular flexibility index (Phi) is 10.5. The first-order valence-corrected chi connectivity index (χ1v) is 17.7. The van der Waals surface area contributed by atoms with Gasteiger partial charge in [-0.2, -0.15) is 13.2 Å². The highest BCUT2D eigenvalue weighted by atomic mass is 32.2. The number of alkyl halides is 3. The monoisotopic (exact) mass is 722 g/mol. The highest BCUT2D eigenvalue weighted by Crippen LogP contribution is 2.38. The van der Waals surface area contributed by atoms with Gasteiger partial charge in [-0.25, -0.2) is 19.4 Å². The molecule has 0 radical (unpaired) electrons. The van der Waals surface area contributed by atoms with E-state index in [2.05, 4.69) is 30.9 Å². The second-order valence-electron chi connectivity index (χ2n) is 13.9. The number of hydrogen-bond acceptors (Lipinski definition) is 10. The van der Waals surface area contributed by atoms with Crippen molar-refractivity contribution in [1.29, 1.82) is 0 Å². The van der Waals surface area contributed by atoms with E-state index in [1.807, 2.05) is 62.4 Å². The molecular formula is C36H41F3N8O3S. The van der Waals surface area contributed by atoms with Gasteiger partial charge in [0.25, 0.3) is 0 Å². The average Bonchev–Trinajstić information content (AvgIpc) is 3.76. The molecule has 5 aromatic rings. The first kappa shape index (κ1) is 36.0. The Labute approximate surface area is 298 Å². The van der Waals surface area contributed by atoms with E-state index in [-0.39, 0.29) is 5.88 Å². The Morgan fingerprint density at radius 1 is 0.941 bits per heavy atom. The van der Waals surface area contributed by atoms with Gasteiger partial charge in [0.15, 0.2) is 5.82 Å². The minimum absolute atomic E-state index is 0.0903. The smallest absolute Gasteiger partial charge is 0.438 e. The standard InChI is InChI=1S/C36H41F3N8O3S/c1-34(2,32-42-33(48)50-44-32)22-46-20-10-6-5-7-12-24-13-8-9-14-25(24)31-26(17-18-27(40-31)45-51-30-16-11-15-28(46)41-30)47-21-19-29(43-47)49-23-35(3,4)36(37,38)39/h8-9,11,13-19,21H,5-7,10,12,20,22-23H2,1-4H3,(H,40,45)(H,42,44,48). The lowest BCUT2D eigenvalue weighted by atomic mass is 9.91. The average molecular weight is 723 g/mol. The molecule has 11 nitrogen and oxygen atoms in total. The van der Waals surface area contributed by atoms with E-state index in [0.717, 1.165) is 74.5 Å². The van der Waals surface area contributed by atoms with Crippen molar-refractivity contribution >= 4 is 23.6 Å². The number of ether oxygens (including phenoxy) is 1. The van der Waals surface area contributed by atoms with Gasteiger partial charge in [0.1, 0.15) is 23.3 Å². The molecule has 0 saturated heterocycles. The molecule has 0 atom stereocenters. The molecule has 5 heterocycles. The summed E-state index contributed by atoms with van der Waals surface area (Å²) in [5.74, 6) is 1.39. The summed E-state index contributed by atoms with van der Waals surface area (Å²) in [6.45, 7) is 7.00. The lowest BCUT2D eigenvalue weighted by Gasteiger charge is -2.32. The molecule has 1 aliphatic heterocycles. The maximum absolute atomic E-state index is 13.4. The number of pyridine rings is 2. The van der Waals surface area contributed by atoms with Crippen molar-refractivity contribution in [2.24, 2.45) is 5.41 Å². The van der Waals surface area contributed by atoms with Crippen LogP contribution in [-0.4, -0.2) is 55.8 Å². The van der Waals surface area contributed by atoms with E-state index in [9.17, 15) is 18.0 Å². The second kappa shape index (κ2) is 14.8. The van der Waals surface area contributed by atoms with Crippen LogP contribution < -0.4 is 20.1 Å². The molecule has 0 unspecified atom stereocenters. The lowest BCUT2D eigenvalue weighted by molar-refractivity contribution is -0.219. The number of aromatic nitrogens is 6. The van der Waals surface area contributed by atoms with Crippen molar-refractivity contribution in [3.05, 3.63) is 88.8 Å². The molecule has 0 spiro atoms. The molecule has 15 heteroatoms. The van der Waals surface area contributed by atoms with Crippen molar-refractivity contribution < 1.29 is 22.4 Å². The molecule has 2 N–H and O–H groups in total. The fourth-order valence-electron chi connectivity index (χ4n) is 5.78. The Bertz CT molecular complexity index is 2010. The van der Waals surface area contributed by atoms with Crippen LogP contribution in [0.4, 0.5) is 24.8 Å². The first-order valence-electron chi connectivity index (χ1n) is 16.9. The number of H-pyrrole nitrogens is 1. The number of aryl methyl sites for hydroxylation is 1. The van der Waals surface area contributed by atoms with Gasteiger partial charge in [-0.3, -0.25) is 9.51 Å². The normalized spacial score (nSPS) is 14.8. The Morgan fingerprint density at radius 2 is 1.75 bits per heavy atom. The number of nitrogens with one attached hydrogen (secondary N) is 2. The molecule has 4 aromatic heterocycles. The third-order valence-electron chi connectivity index (χ3n) is 8.89. The molecular weight excluding hydrogens is 682 g/mol. The molecule has 0 amide bonds. The van der Waals surface area contributed by atoms with Gasteiger partial charge in [0, 0.05) is 48.3 Å². The molecule has 0 fully saturated rings. The third kappa shape index (κ3) is 8.58. The SMILES string of the molecule is CC(C)(CN1CCCCCCc2ccccc2-c2nc(ccc2-n2ccc(OCC(C)(C)C(F)(F)F)n2)NSc2cccc1n2)c1noc(=O)[nH]1. The molecule has 51 heavy (non-hydrogen) atoms. The van der Waals surface area contributed by atoms with Crippen LogP contribution in [0.5, 0.6) is 5.88 Å². The molecule has 0 aliphatic carbocycles. The summed E-state index contributed by atoms with van der Waals surface area (Å²) in [4.78, 5) is 26.6. The van der Waals surface area contributed by atoms with Gasteiger partial charge in [-0.15, -0.1) is 5.10 Å². The highest BCUT2D eigenvalue weighted by molar-refractivity contribution is 8.00. The van der Waals surface area contributed by atoms with Crippen molar-refractivity contribution in [2.75, 3.05) is 29.3 Å². The van der Waals surface area contributed by atoms with Crippen LogP contribution >= 0.6 is 11.9 Å². The maximum Gasteiger partial charge on any atom is 0.438 e. The first-order chi connectivity index (χ1) is 24.3. The number of anilines is 2. The molecule has 6 rings (SSSR count). The summed E-state index contributed by atoms with van der Waals surface area (Å²) in [5, 5.41) is 9.17. The van der Waals surface area contributed by atoms with E-state index in [1.54, 1.807) is 16.9 Å². The van der Waals surface area contributed by atoms with Gasteiger partial charge in [-0.1, -0.05) is 62.2 Å². The van der Waals surface area contributed by atoms with Gasteiger partial charge in [-0.05, 0) is 62.9 Å². The maximum atomic E-state index is 13.4. The number of halogens is 3. The van der Waals surface area contributed by atoms with Gasteiger partial charge in [0.2, 0.25) is 5.88 Å². The number of aromatic amines is 1. The number of fused-ring (bicyclic) bond motifs is 6. The summed E-state index contributed by atoms with van der Waals surface area (Å²) >= 11 is 1.33. The summed E-state index contributed by atoms with van der Waals surface area (Å²) < 4.78 is 55.6. The zero-order chi connectivity index (χ0) is 36.2. The predicted octanol–water partition coefficient (Wildman–Crippen LogP) is 7.99. The van der Waals surface area contributed by atoms with Crippen LogP contribution in [0.15, 0.2) is 81.2 Å². The van der Waals surface area contributed by atoms with Crippen molar-refractivity contribution in [3.8, 4) is 22.8 Å². The minimum Gasteiger partial charge on any atom is -0.476 e. The summed E-state index contributed by atoms with van der Waals surface area (Å²) in [5.41, 5.74) is 0.867. The van der Waals surface area contributed by atoms with Crippen molar-refractivity contribution in [2.45, 2.75) is 76.4 Å². The van der Waals surface area contributed by atoms with E-state index >= 15 is 0 Å². The summed E-state index contributed by atoms with van der Waals surface area (Å²) in [7, 11) is 0. The van der Waals surface area contributed by atoms with Crippen LogP contribution in [0.3, 0.4) is 0 Å². The topological polar surface area (TPSA) is 127 Å². The number of benzene rings is 1. The summed E-state index contributed by atoms with van der Waals surface area (Å²) in [6.07, 6.45) is 2.02. The molecule has 1 aliphatic rings. The third-order valence-corrected chi connectivity index (χ3v) is 9.64. The van der Waals surface area contributed by atoms with Crippen LogP contribution in [0.1, 0.15) is 64.8 Å². The molecule has 270 valence electrons. The van der Waals surface area contributed by atoms with E-state index in [0.29, 0.717) is 29.6 Å². The van der Waals surface area contributed by atoms with Gasteiger partial charge < -0.3 is 14.4 Å². The quantitative estimate of drug-likeness (QED) is 0.160. The van der Waals surface area contributed by atoms with Crippen LogP contribution in [0.25, 0.3) is 16.9 Å². The van der Waals surface area contributed by atoms with E-state index in [1.165, 1.54) is 11.9 Å². The van der Waals surface area contributed by atoms with Crippen LogP contribution in [0.2, 0.25) is 0 Å². The number of nitrogens with zero attached hydrogens (tertiary/aromatic N) is 6. The Hall–Kier alpha value is -4.79. The number of hydrogen-bond donors (Lipinski definition) is 2. The fourth-order valence-corrected chi connectivity index (χ4v) is 6.39. The van der Waals surface area contributed by atoms with E-state index in [4.69, 9.17) is 19.2 Å². The molecule has 0 saturated carbocycles. The van der Waals surface area contributed by atoms with Gasteiger partial charge >= 0.3 is 11.9 Å². The highest BCUT2D eigenvalue weighted by Gasteiger charge is 2.48. The second-order valence-corrected chi connectivity index (χ2v) is 14.8. The Balaban J connectivity index is 1.30. The fraction of sp³-hybridized carbons (Fsp3) is 0.417. The molecule has 1 aromatic carbocycles. The zero-order valence-corrected chi connectivity index (χ0v) is 29.8. The van der Waals surface area contributed by atoms with Crippen LogP contribution in [0, 0.1) is 5.41 Å². The Morgan fingerprint density at radius 3 is 2.53 bits per heavy atom. The van der Waals surface area contributed by atoms with Gasteiger partial charge in [0.05, 0.1) is 16.8 Å². The summed E-state index contributed by atoms with van der Waals surface area (Å²) in [6, 6.07) is 19.3. The lowest BCUT2D eigenvalue weighted by Crippen LogP contribution is -2.39. The van der Waals surface area contributed by atoms with Crippen molar-refractivity contribution in [3.63, 3.8) is 0 Å². The van der Waals surface area contributed by atoms with Crippen molar-refractivity contribution in [1.82, 2.24) is 29.9 Å². The molecule has 4 bridgehead atoms. The number of rotatable bonds is 7. The predicted molar refractivity (Wildman–Crippen MR) is 190 cm³/mol. The largest absolute Gasteiger partial charge is 0.476 e. The van der Waals surface area contributed by atoms with Crippen LogP contribution in [-0.2, 0) is 11.8 Å². The van der Waals surface area contributed by atoms with E-state index < -0.39 is 29.4 Å². The zero-order valence-electron chi connectivity index (χ0n) is 29.0.